The number of anilines is 2. The van der Waals surface area contributed by atoms with Crippen LogP contribution in [0.1, 0.15) is 17.3 Å². The smallest absolute Gasteiger partial charge is 0.340 e. The molecule has 7 nitrogen and oxygen atoms in total. The molecule has 1 amide bonds. The van der Waals surface area contributed by atoms with E-state index < -0.39 is 18.0 Å². The molecule has 1 unspecified atom stereocenters. The molecule has 1 saturated heterocycles. The Kier molecular flexibility index (Phi) is 7.58. The number of amides is 1. The number of hydrogen-bond donors (Lipinski definition) is 1. The van der Waals surface area contributed by atoms with Gasteiger partial charge in [-0.15, -0.1) is 0 Å². The summed E-state index contributed by atoms with van der Waals surface area (Å²) in [5, 5.41) is 3.31. The van der Waals surface area contributed by atoms with Crippen molar-refractivity contribution in [3.63, 3.8) is 0 Å². The van der Waals surface area contributed by atoms with Gasteiger partial charge < -0.3 is 24.4 Å². The zero-order chi connectivity index (χ0) is 21.7. The Labute approximate surface area is 188 Å². The number of carbonyl (C=O) groups is 2. The number of morpholine rings is 1. The number of nitrogens with zero attached hydrogens (tertiary/aromatic N) is 1. The van der Waals surface area contributed by atoms with Gasteiger partial charge in [0.1, 0.15) is 5.75 Å². The molecule has 0 radical (unpaired) electrons. The third-order valence-corrected chi connectivity index (χ3v) is 5.46. The van der Waals surface area contributed by atoms with E-state index in [2.05, 4.69) is 26.1 Å². The molecule has 1 fully saturated rings. The van der Waals surface area contributed by atoms with E-state index in [1.54, 1.807) is 37.3 Å². The van der Waals surface area contributed by atoms with Crippen LogP contribution >= 0.6 is 27.5 Å². The summed E-state index contributed by atoms with van der Waals surface area (Å²) >= 11 is 9.30. The Morgan fingerprint density at radius 1 is 1.20 bits per heavy atom. The zero-order valence-corrected chi connectivity index (χ0v) is 19.0. The largest absolute Gasteiger partial charge is 0.480 e. The maximum atomic E-state index is 12.7. The standard InChI is InChI=1S/C21H22BrClN2O5/c1-13(30-19-6-3-14(23)11-17(19)22)20(26)24-18-5-4-15(12-16(18)21(27)28-2)25-7-9-29-10-8-25/h3-6,11-13H,7-10H2,1-2H3,(H,24,26). The Hall–Kier alpha value is -2.29. The minimum absolute atomic E-state index is 0.273. The van der Waals surface area contributed by atoms with Crippen molar-refractivity contribution in [2.45, 2.75) is 13.0 Å². The number of carbonyl (C=O) groups excluding carboxylic acids is 2. The van der Waals surface area contributed by atoms with E-state index in [4.69, 9.17) is 25.8 Å². The lowest BCUT2D eigenvalue weighted by Crippen LogP contribution is -2.36. The molecular weight excluding hydrogens is 476 g/mol. The Morgan fingerprint density at radius 2 is 1.93 bits per heavy atom. The fourth-order valence-corrected chi connectivity index (χ4v) is 3.76. The van der Waals surface area contributed by atoms with Crippen molar-refractivity contribution in [3.05, 3.63) is 51.5 Å². The third kappa shape index (κ3) is 5.44. The van der Waals surface area contributed by atoms with Crippen LogP contribution in [0.2, 0.25) is 5.02 Å². The van der Waals surface area contributed by atoms with Gasteiger partial charge >= 0.3 is 5.97 Å². The highest BCUT2D eigenvalue weighted by Gasteiger charge is 2.22. The summed E-state index contributed by atoms with van der Waals surface area (Å²) in [5.41, 5.74) is 1.50. The van der Waals surface area contributed by atoms with E-state index in [0.717, 1.165) is 18.8 Å². The number of methoxy groups -OCH3 is 1. The van der Waals surface area contributed by atoms with Crippen LogP contribution in [-0.2, 0) is 14.3 Å². The van der Waals surface area contributed by atoms with Gasteiger partial charge in [-0.2, -0.15) is 0 Å². The van der Waals surface area contributed by atoms with E-state index in [9.17, 15) is 9.59 Å². The number of rotatable bonds is 6. The van der Waals surface area contributed by atoms with Gasteiger partial charge in [0.25, 0.3) is 5.91 Å². The summed E-state index contributed by atoms with van der Waals surface area (Å²) in [4.78, 5) is 27.1. The Balaban J connectivity index is 1.76. The number of benzene rings is 2. The third-order valence-electron chi connectivity index (χ3n) is 4.61. The second kappa shape index (κ2) is 10.1. The molecule has 0 bridgehead atoms. The van der Waals surface area contributed by atoms with E-state index in [1.807, 2.05) is 6.07 Å². The average molecular weight is 498 g/mol. The normalized spacial score (nSPS) is 14.7. The molecule has 1 aliphatic rings. The van der Waals surface area contributed by atoms with Crippen molar-refractivity contribution >= 4 is 50.8 Å². The van der Waals surface area contributed by atoms with Crippen molar-refractivity contribution in [3.8, 4) is 5.75 Å². The summed E-state index contributed by atoms with van der Waals surface area (Å²) < 4.78 is 16.6. The van der Waals surface area contributed by atoms with Crippen LogP contribution in [0, 0.1) is 0 Å². The predicted molar refractivity (Wildman–Crippen MR) is 119 cm³/mol. The Morgan fingerprint density at radius 3 is 2.60 bits per heavy atom. The molecule has 30 heavy (non-hydrogen) atoms. The highest BCUT2D eigenvalue weighted by molar-refractivity contribution is 9.10. The monoisotopic (exact) mass is 496 g/mol. The predicted octanol–water partition coefficient (Wildman–Crippen LogP) is 4.13. The highest BCUT2D eigenvalue weighted by atomic mass is 79.9. The molecule has 0 spiro atoms. The molecule has 0 aliphatic carbocycles. The Bertz CT molecular complexity index is 934. The molecule has 0 aromatic heterocycles. The van der Waals surface area contributed by atoms with Gasteiger partial charge in [0.05, 0.1) is 36.0 Å². The van der Waals surface area contributed by atoms with Crippen molar-refractivity contribution < 1.29 is 23.8 Å². The first-order valence-electron chi connectivity index (χ1n) is 9.36. The molecule has 1 N–H and O–H groups in total. The number of ether oxygens (including phenoxy) is 3. The number of esters is 1. The van der Waals surface area contributed by atoms with Crippen LogP contribution in [0.25, 0.3) is 0 Å². The molecule has 160 valence electrons. The van der Waals surface area contributed by atoms with Crippen LogP contribution in [-0.4, -0.2) is 51.4 Å². The van der Waals surface area contributed by atoms with Gasteiger partial charge in [-0.3, -0.25) is 4.79 Å². The molecule has 1 atom stereocenters. The first-order chi connectivity index (χ1) is 14.4. The van der Waals surface area contributed by atoms with Crippen molar-refractivity contribution in [1.29, 1.82) is 0 Å². The quantitative estimate of drug-likeness (QED) is 0.605. The lowest BCUT2D eigenvalue weighted by atomic mass is 10.1. The number of hydrogen-bond acceptors (Lipinski definition) is 6. The maximum Gasteiger partial charge on any atom is 0.340 e. The summed E-state index contributed by atoms with van der Waals surface area (Å²) in [6.07, 6.45) is -0.813. The van der Waals surface area contributed by atoms with E-state index in [0.29, 0.717) is 34.1 Å². The minimum atomic E-state index is -0.813. The van der Waals surface area contributed by atoms with Crippen LogP contribution in [0.3, 0.4) is 0 Å². The topological polar surface area (TPSA) is 77.1 Å². The number of halogens is 2. The fraction of sp³-hybridized carbons (Fsp3) is 0.333. The summed E-state index contributed by atoms with van der Waals surface area (Å²) in [6.45, 7) is 4.33. The van der Waals surface area contributed by atoms with Gasteiger partial charge in [-0.05, 0) is 59.3 Å². The molecule has 1 heterocycles. The molecule has 9 heteroatoms. The van der Waals surface area contributed by atoms with Crippen molar-refractivity contribution in [2.24, 2.45) is 0 Å². The van der Waals surface area contributed by atoms with Crippen LogP contribution in [0.4, 0.5) is 11.4 Å². The van der Waals surface area contributed by atoms with Gasteiger partial charge in [0.15, 0.2) is 6.10 Å². The zero-order valence-electron chi connectivity index (χ0n) is 16.6. The first kappa shape index (κ1) is 22.4. The molecule has 2 aromatic carbocycles. The summed E-state index contributed by atoms with van der Waals surface area (Å²) in [7, 11) is 1.30. The van der Waals surface area contributed by atoms with Crippen molar-refractivity contribution in [2.75, 3.05) is 43.6 Å². The minimum Gasteiger partial charge on any atom is -0.480 e. The SMILES string of the molecule is COC(=O)c1cc(N2CCOCC2)ccc1NC(=O)C(C)Oc1ccc(Cl)cc1Br. The summed E-state index contributed by atoms with van der Waals surface area (Å²) in [5.74, 6) is -0.451. The molecule has 0 saturated carbocycles. The van der Waals surface area contributed by atoms with E-state index >= 15 is 0 Å². The second-order valence-electron chi connectivity index (χ2n) is 6.64. The van der Waals surface area contributed by atoms with Gasteiger partial charge in [-0.25, -0.2) is 4.79 Å². The molecule has 3 rings (SSSR count). The lowest BCUT2D eigenvalue weighted by Gasteiger charge is -2.29. The maximum absolute atomic E-state index is 12.7. The second-order valence-corrected chi connectivity index (χ2v) is 7.94. The first-order valence-corrected chi connectivity index (χ1v) is 10.5. The van der Waals surface area contributed by atoms with Crippen LogP contribution in [0.15, 0.2) is 40.9 Å². The molecular formula is C21H22BrClN2O5. The fourth-order valence-electron chi connectivity index (χ4n) is 2.99. The molecule has 1 aliphatic heterocycles. The van der Waals surface area contributed by atoms with Crippen LogP contribution < -0.4 is 15.0 Å². The van der Waals surface area contributed by atoms with Crippen LogP contribution in [0.5, 0.6) is 5.75 Å². The van der Waals surface area contributed by atoms with Gasteiger partial charge in [0, 0.05) is 23.8 Å². The summed E-state index contributed by atoms with van der Waals surface area (Å²) in [6, 6.07) is 10.3. The highest BCUT2D eigenvalue weighted by Crippen LogP contribution is 2.29. The van der Waals surface area contributed by atoms with Gasteiger partial charge in [-0.1, -0.05) is 11.6 Å². The van der Waals surface area contributed by atoms with E-state index in [1.165, 1.54) is 7.11 Å². The van der Waals surface area contributed by atoms with Crippen molar-refractivity contribution in [1.82, 2.24) is 0 Å². The molecule has 2 aromatic rings. The average Bonchev–Trinajstić information content (AvgIpc) is 2.75. The van der Waals surface area contributed by atoms with E-state index in [-0.39, 0.29) is 5.56 Å². The van der Waals surface area contributed by atoms with Gasteiger partial charge in [0.2, 0.25) is 0 Å². The lowest BCUT2D eigenvalue weighted by molar-refractivity contribution is -0.122. The number of nitrogens with one attached hydrogen (secondary N) is 1.